The lowest BCUT2D eigenvalue weighted by Crippen LogP contribution is -2.38. The van der Waals surface area contributed by atoms with Crippen LogP contribution in [-0.2, 0) is 21.7 Å². The van der Waals surface area contributed by atoms with E-state index < -0.39 is 22.5 Å². The van der Waals surface area contributed by atoms with Crippen molar-refractivity contribution in [3.05, 3.63) is 23.8 Å². The van der Waals surface area contributed by atoms with Crippen LogP contribution in [0.2, 0.25) is 0 Å². The Kier molecular flexibility index (Phi) is 5.23. The molecule has 0 aliphatic carbocycles. The van der Waals surface area contributed by atoms with Gasteiger partial charge in [0.1, 0.15) is 0 Å². The molecular weight excluding hydrogens is 305 g/mol. The van der Waals surface area contributed by atoms with E-state index in [-0.39, 0.29) is 10.6 Å². The summed E-state index contributed by atoms with van der Waals surface area (Å²) in [6.07, 6.45) is -4.44. The van der Waals surface area contributed by atoms with Crippen molar-refractivity contribution < 1.29 is 22.1 Å². The molecule has 0 spiro atoms. The molecule has 21 heavy (non-hydrogen) atoms. The second-order valence-electron chi connectivity index (χ2n) is 4.75. The van der Waals surface area contributed by atoms with Gasteiger partial charge in [-0.2, -0.15) is 13.2 Å². The van der Waals surface area contributed by atoms with Crippen molar-refractivity contribution in [1.82, 2.24) is 4.90 Å². The van der Waals surface area contributed by atoms with Crippen molar-refractivity contribution in [2.75, 3.05) is 44.3 Å². The highest BCUT2D eigenvalue weighted by Gasteiger charge is 2.31. The lowest BCUT2D eigenvalue weighted by molar-refractivity contribution is -0.137. The predicted octanol–water partition coefficient (Wildman–Crippen LogP) is 1.73. The zero-order valence-electron chi connectivity index (χ0n) is 11.4. The van der Waals surface area contributed by atoms with Crippen molar-refractivity contribution >= 4 is 16.5 Å². The molecule has 0 radical (unpaired) electrons. The molecule has 4 nitrogen and oxygen atoms in total. The molecule has 1 aromatic carbocycles. The van der Waals surface area contributed by atoms with Crippen LogP contribution >= 0.6 is 0 Å². The normalized spacial score (nSPS) is 18.6. The summed E-state index contributed by atoms with van der Waals surface area (Å²) in [5, 5.41) is 0. The van der Waals surface area contributed by atoms with Crippen molar-refractivity contribution in [2.45, 2.75) is 11.1 Å². The number of anilines is 1. The van der Waals surface area contributed by atoms with Crippen LogP contribution in [0.25, 0.3) is 0 Å². The van der Waals surface area contributed by atoms with Crippen LogP contribution in [0.5, 0.6) is 0 Å². The minimum atomic E-state index is -4.44. The number of halogens is 3. The second kappa shape index (κ2) is 6.76. The molecule has 1 atom stereocenters. The molecule has 2 N–H and O–H groups in total. The highest BCUT2D eigenvalue weighted by Crippen LogP contribution is 2.32. The predicted molar refractivity (Wildman–Crippen MR) is 74.4 cm³/mol. The van der Waals surface area contributed by atoms with Crippen LogP contribution in [0.4, 0.5) is 18.9 Å². The minimum absolute atomic E-state index is 0.0786. The summed E-state index contributed by atoms with van der Waals surface area (Å²) in [6.45, 7) is 3.46. The van der Waals surface area contributed by atoms with E-state index in [2.05, 4.69) is 4.90 Å². The molecule has 0 amide bonds. The van der Waals surface area contributed by atoms with Gasteiger partial charge in [-0.25, -0.2) is 0 Å². The van der Waals surface area contributed by atoms with Gasteiger partial charge < -0.3 is 10.5 Å². The minimum Gasteiger partial charge on any atom is -0.398 e. The van der Waals surface area contributed by atoms with E-state index in [1.807, 2.05) is 0 Å². The fourth-order valence-corrected chi connectivity index (χ4v) is 3.26. The van der Waals surface area contributed by atoms with E-state index in [1.54, 1.807) is 0 Å². The Morgan fingerprint density at radius 1 is 1.29 bits per heavy atom. The molecule has 1 heterocycles. The monoisotopic (exact) mass is 322 g/mol. The van der Waals surface area contributed by atoms with Gasteiger partial charge in [0.2, 0.25) is 0 Å². The maximum atomic E-state index is 12.5. The van der Waals surface area contributed by atoms with E-state index in [4.69, 9.17) is 10.5 Å². The van der Waals surface area contributed by atoms with E-state index in [0.29, 0.717) is 25.5 Å². The average molecular weight is 322 g/mol. The van der Waals surface area contributed by atoms with Crippen molar-refractivity contribution in [3.63, 3.8) is 0 Å². The highest BCUT2D eigenvalue weighted by atomic mass is 32.2. The van der Waals surface area contributed by atoms with Gasteiger partial charge >= 0.3 is 6.18 Å². The first-order valence-electron chi connectivity index (χ1n) is 6.53. The Balaban J connectivity index is 1.99. The molecule has 1 unspecified atom stereocenters. The topological polar surface area (TPSA) is 55.6 Å². The van der Waals surface area contributed by atoms with Gasteiger partial charge in [-0.15, -0.1) is 0 Å². The van der Waals surface area contributed by atoms with E-state index >= 15 is 0 Å². The highest BCUT2D eigenvalue weighted by molar-refractivity contribution is 7.85. The maximum absolute atomic E-state index is 12.5. The number of morpholine rings is 1. The molecule has 1 fully saturated rings. The molecular formula is C13H17F3N2O2S. The first kappa shape index (κ1) is 16.3. The summed E-state index contributed by atoms with van der Waals surface area (Å²) in [7, 11) is -1.41. The summed E-state index contributed by atoms with van der Waals surface area (Å²) in [4.78, 5) is 2.37. The number of nitrogens with two attached hydrogens (primary N) is 1. The van der Waals surface area contributed by atoms with Gasteiger partial charge in [0.05, 0.1) is 34.5 Å². The molecule has 0 saturated carbocycles. The smallest absolute Gasteiger partial charge is 0.398 e. The fourth-order valence-electron chi connectivity index (χ4n) is 2.08. The first-order valence-corrected chi connectivity index (χ1v) is 7.85. The number of hydrogen-bond donors (Lipinski definition) is 1. The molecule has 0 bridgehead atoms. The molecule has 1 aromatic rings. The van der Waals surface area contributed by atoms with E-state index in [1.165, 1.54) is 6.07 Å². The van der Waals surface area contributed by atoms with Crippen LogP contribution in [0.15, 0.2) is 23.1 Å². The summed E-state index contributed by atoms with van der Waals surface area (Å²) in [5.74, 6) is 0.343. The molecule has 118 valence electrons. The Hall–Kier alpha value is -1.12. The Labute approximate surface area is 123 Å². The summed E-state index contributed by atoms with van der Waals surface area (Å²) in [6, 6.07) is 2.95. The van der Waals surface area contributed by atoms with Crippen LogP contribution in [0.1, 0.15) is 5.56 Å². The van der Waals surface area contributed by atoms with Crippen LogP contribution < -0.4 is 5.73 Å². The molecule has 0 aromatic heterocycles. The lowest BCUT2D eigenvalue weighted by atomic mass is 10.2. The van der Waals surface area contributed by atoms with Gasteiger partial charge in [0.15, 0.2) is 0 Å². The number of alkyl halides is 3. The third kappa shape index (κ3) is 4.42. The average Bonchev–Trinajstić information content (AvgIpc) is 2.45. The quantitative estimate of drug-likeness (QED) is 0.858. The fraction of sp³-hybridized carbons (Fsp3) is 0.538. The second-order valence-corrected chi connectivity index (χ2v) is 6.29. The first-order chi connectivity index (χ1) is 9.88. The number of benzene rings is 1. The summed E-state index contributed by atoms with van der Waals surface area (Å²) < 4.78 is 55.0. The molecule has 2 rings (SSSR count). The number of nitrogens with zero attached hydrogens (tertiary/aromatic N) is 1. The van der Waals surface area contributed by atoms with Crippen LogP contribution in [0.3, 0.4) is 0 Å². The summed E-state index contributed by atoms with van der Waals surface area (Å²) in [5.41, 5.74) is 4.70. The Morgan fingerprint density at radius 2 is 1.95 bits per heavy atom. The molecule has 8 heteroatoms. The van der Waals surface area contributed by atoms with Crippen LogP contribution in [0, 0.1) is 0 Å². The Bertz CT molecular complexity index is 517. The molecule has 1 aliphatic heterocycles. The largest absolute Gasteiger partial charge is 0.416 e. The van der Waals surface area contributed by atoms with Gasteiger partial charge in [-0.3, -0.25) is 9.11 Å². The maximum Gasteiger partial charge on any atom is 0.416 e. The van der Waals surface area contributed by atoms with Crippen molar-refractivity contribution in [3.8, 4) is 0 Å². The van der Waals surface area contributed by atoms with Crippen molar-refractivity contribution in [2.24, 2.45) is 0 Å². The number of ether oxygens (including phenoxy) is 1. The lowest BCUT2D eigenvalue weighted by Gasteiger charge is -2.26. The molecule has 1 saturated heterocycles. The Morgan fingerprint density at radius 3 is 2.52 bits per heavy atom. The van der Waals surface area contributed by atoms with Crippen LogP contribution in [-0.4, -0.2) is 47.7 Å². The number of hydrogen-bond acceptors (Lipinski definition) is 4. The summed E-state index contributed by atoms with van der Waals surface area (Å²) >= 11 is 0. The zero-order valence-corrected chi connectivity index (χ0v) is 12.2. The number of rotatable bonds is 4. The third-order valence-electron chi connectivity index (χ3n) is 3.28. The van der Waals surface area contributed by atoms with Gasteiger partial charge in [0, 0.05) is 31.1 Å². The van der Waals surface area contributed by atoms with Crippen molar-refractivity contribution in [1.29, 1.82) is 0 Å². The van der Waals surface area contributed by atoms with Gasteiger partial charge in [-0.05, 0) is 18.2 Å². The van der Waals surface area contributed by atoms with E-state index in [0.717, 1.165) is 25.2 Å². The standard InChI is InChI=1S/C13H17F3N2O2S/c14-13(15,16)10-1-2-12(11(17)9-10)21(19)8-5-18-3-6-20-7-4-18/h1-2,9H,3-8,17H2. The SMILES string of the molecule is Nc1cc(C(F)(F)F)ccc1S(=O)CCN1CCOCC1. The number of nitrogen functional groups attached to an aromatic ring is 1. The third-order valence-corrected chi connectivity index (χ3v) is 4.69. The van der Waals surface area contributed by atoms with E-state index in [9.17, 15) is 17.4 Å². The molecule has 1 aliphatic rings. The van der Waals surface area contributed by atoms with Gasteiger partial charge in [0.25, 0.3) is 0 Å². The van der Waals surface area contributed by atoms with Gasteiger partial charge in [-0.1, -0.05) is 0 Å². The zero-order chi connectivity index (χ0) is 15.5.